The smallest absolute Gasteiger partial charge is 0.125 e. The number of rotatable bonds is 2. The Balaban J connectivity index is 2.11. The normalized spacial score (nSPS) is 10.7. The number of nitrogen functional groups attached to an aromatic ring is 1. The van der Waals surface area contributed by atoms with Crippen molar-refractivity contribution in [2.24, 2.45) is 0 Å². The quantitative estimate of drug-likeness (QED) is 0.681. The van der Waals surface area contributed by atoms with E-state index in [1.54, 1.807) is 18.3 Å². The third-order valence-corrected chi connectivity index (χ3v) is 3.69. The predicted molar refractivity (Wildman–Crippen MR) is 83.5 cm³/mol. The lowest BCUT2D eigenvalue weighted by Crippen LogP contribution is -1.96. The molecule has 5 heteroatoms. The number of anilines is 3. The van der Waals surface area contributed by atoms with Crippen molar-refractivity contribution in [3.05, 3.63) is 59.0 Å². The van der Waals surface area contributed by atoms with Gasteiger partial charge in [-0.1, -0.05) is 12.1 Å². The number of para-hydroxylation sites is 1. The Morgan fingerprint density at radius 1 is 1.10 bits per heavy atom. The molecule has 0 spiro atoms. The molecule has 0 aliphatic heterocycles. The lowest BCUT2D eigenvalue weighted by Gasteiger charge is -2.11. The van der Waals surface area contributed by atoms with Crippen molar-refractivity contribution in [2.45, 2.75) is 0 Å². The first-order valence-corrected chi connectivity index (χ1v) is 6.80. The van der Waals surface area contributed by atoms with Crippen molar-refractivity contribution < 1.29 is 4.39 Å². The van der Waals surface area contributed by atoms with E-state index in [4.69, 9.17) is 5.73 Å². The predicted octanol–water partition coefficient (Wildman–Crippen LogP) is 4.46. The highest BCUT2D eigenvalue weighted by molar-refractivity contribution is 9.10. The molecule has 1 aromatic heterocycles. The molecule has 3 N–H and O–H groups in total. The number of aromatic nitrogens is 1. The fraction of sp³-hybridized carbons (Fsp3) is 0. The third-order valence-electron chi connectivity index (χ3n) is 3.00. The van der Waals surface area contributed by atoms with Crippen molar-refractivity contribution in [1.29, 1.82) is 0 Å². The molecule has 0 saturated heterocycles. The van der Waals surface area contributed by atoms with Gasteiger partial charge in [0, 0.05) is 21.7 Å². The standard InChI is InChI=1S/C15H11BrFN3/c16-11-5-4-9(17)8-14(11)20-13-6-7-19-15-10(13)2-1-3-12(15)18/h1-8H,18H2,(H,19,20). The number of nitrogens with two attached hydrogens (primary N) is 1. The van der Waals surface area contributed by atoms with Gasteiger partial charge in [0.2, 0.25) is 0 Å². The summed E-state index contributed by atoms with van der Waals surface area (Å²) >= 11 is 3.40. The van der Waals surface area contributed by atoms with Crippen molar-refractivity contribution in [3.63, 3.8) is 0 Å². The van der Waals surface area contributed by atoms with E-state index in [0.29, 0.717) is 11.4 Å². The maximum absolute atomic E-state index is 13.3. The van der Waals surface area contributed by atoms with E-state index in [9.17, 15) is 4.39 Å². The van der Waals surface area contributed by atoms with E-state index >= 15 is 0 Å². The second-order valence-corrected chi connectivity index (χ2v) is 5.21. The van der Waals surface area contributed by atoms with E-state index in [-0.39, 0.29) is 5.82 Å². The van der Waals surface area contributed by atoms with Crippen LogP contribution in [-0.2, 0) is 0 Å². The highest BCUT2D eigenvalue weighted by Crippen LogP contribution is 2.31. The number of nitrogens with zero attached hydrogens (tertiary/aromatic N) is 1. The van der Waals surface area contributed by atoms with Crippen LogP contribution in [0, 0.1) is 5.82 Å². The molecule has 0 fully saturated rings. The topological polar surface area (TPSA) is 50.9 Å². The summed E-state index contributed by atoms with van der Waals surface area (Å²) in [6, 6.07) is 11.9. The minimum absolute atomic E-state index is 0.298. The first kappa shape index (κ1) is 12.9. The van der Waals surface area contributed by atoms with E-state index in [1.165, 1.54) is 12.1 Å². The summed E-state index contributed by atoms with van der Waals surface area (Å²) in [5.74, 6) is -0.298. The average molecular weight is 332 g/mol. The molecule has 20 heavy (non-hydrogen) atoms. The van der Waals surface area contributed by atoms with Crippen LogP contribution in [0.4, 0.5) is 21.5 Å². The van der Waals surface area contributed by atoms with E-state index in [1.807, 2.05) is 18.2 Å². The van der Waals surface area contributed by atoms with Crippen LogP contribution in [0.5, 0.6) is 0 Å². The van der Waals surface area contributed by atoms with Gasteiger partial charge in [-0.2, -0.15) is 0 Å². The van der Waals surface area contributed by atoms with E-state index in [2.05, 4.69) is 26.2 Å². The van der Waals surface area contributed by atoms with Gasteiger partial charge < -0.3 is 11.1 Å². The summed E-state index contributed by atoms with van der Waals surface area (Å²) in [5, 5.41) is 4.09. The molecular formula is C15H11BrFN3. The van der Waals surface area contributed by atoms with Gasteiger partial charge in [0.15, 0.2) is 0 Å². The minimum Gasteiger partial charge on any atom is -0.397 e. The summed E-state index contributed by atoms with van der Waals surface area (Å²) in [6.45, 7) is 0. The zero-order chi connectivity index (χ0) is 14.1. The van der Waals surface area contributed by atoms with Crippen LogP contribution in [0.3, 0.4) is 0 Å². The number of halogens is 2. The highest BCUT2D eigenvalue weighted by Gasteiger charge is 2.07. The van der Waals surface area contributed by atoms with E-state index < -0.39 is 0 Å². The summed E-state index contributed by atoms with van der Waals surface area (Å²) in [6.07, 6.45) is 1.67. The first-order chi connectivity index (χ1) is 9.65. The van der Waals surface area contributed by atoms with Crippen LogP contribution in [0.25, 0.3) is 10.9 Å². The molecule has 0 unspecified atom stereocenters. The van der Waals surface area contributed by atoms with Crippen molar-refractivity contribution >= 4 is 43.9 Å². The molecule has 3 nitrogen and oxygen atoms in total. The van der Waals surface area contributed by atoms with Crippen LogP contribution in [-0.4, -0.2) is 4.98 Å². The molecule has 0 radical (unpaired) electrons. The molecule has 3 rings (SSSR count). The molecular weight excluding hydrogens is 321 g/mol. The fourth-order valence-electron chi connectivity index (χ4n) is 2.05. The number of hydrogen-bond donors (Lipinski definition) is 2. The van der Waals surface area contributed by atoms with Crippen molar-refractivity contribution in [1.82, 2.24) is 4.98 Å². The zero-order valence-corrected chi connectivity index (χ0v) is 12.0. The zero-order valence-electron chi connectivity index (χ0n) is 10.4. The Morgan fingerprint density at radius 2 is 1.95 bits per heavy atom. The maximum atomic E-state index is 13.3. The van der Waals surface area contributed by atoms with Gasteiger partial charge >= 0.3 is 0 Å². The Morgan fingerprint density at radius 3 is 2.80 bits per heavy atom. The monoisotopic (exact) mass is 331 g/mol. The second kappa shape index (κ2) is 5.09. The molecule has 0 aliphatic rings. The van der Waals surface area contributed by atoms with Gasteiger partial charge in [0.1, 0.15) is 5.82 Å². The fourth-order valence-corrected chi connectivity index (χ4v) is 2.39. The van der Waals surface area contributed by atoms with Gasteiger partial charge in [-0.25, -0.2) is 4.39 Å². The number of nitrogens with one attached hydrogen (secondary N) is 1. The van der Waals surface area contributed by atoms with Crippen molar-refractivity contribution in [2.75, 3.05) is 11.1 Å². The SMILES string of the molecule is Nc1cccc2c(Nc3cc(F)ccc3Br)ccnc12. The summed E-state index contributed by atoms with van der Waals surface area (Å²) in [4.78, 5) is 4.27. The number of hydrogen-bond acceptors (Lipinski definition) is 3. The molecule has 0 atom stereocenters. The number of benzene rings is 2. The largest absolute Gasteiger partial charge is 0.397 e. The number of fused-ring (bicyclic) bond motifs is 1. The molecule has 0 amide bonds. The van der Waals surface area contributed by atoms with Crippen LogP contribution in [0.15, 0.2) is 53.1 Å². The summed E-state index contributed by atoms with van der Waals surface area (Å²) < 4.78 is 14.1. The Bertz CT molecular complexity index is 789. The van der Waals surface area contributed by atoms with Crippen molar-refractivity contribution in [3.8, 4) is 0 Å². The van der Waals surface area contributed by atoms with Crippen LogP contribution < -0.4 is 11.1 Å². The van der Waals surface area contributed by atoms with E-state index in [0.717, 1.165) is 21.1 Å². The third kappa shape index (κ3) is 2.32. The minimum atomic E-state index is -0.298. The Kier molecular flexibility index (Phi) is 3.28. The van der Waals surface area contributed by atoms with Crippen LogP contribution >= 0.6 is 15.9 Å². The molecule has 3 aromatic rings. The molecule has 0 aliphatic carbocycles. The molecule has 0 bridgehead atoms. The van der Waals surface area contributed by atoms with Gasteiger partial charge in [-0.15, -0.1) is 0 Å². The van der Waals surface area contributed by atoms with Gasteiger partial charge in [-0.05, 0) is 46.3 Å². The van der Waals surface area contributed by atoms with Gasteiger partial charge in [-0.3, -0.25) is 4.98 Å². The lowest BCUT2D eigenvalue weighted by atomic mass is 10.1. The average Bonchev–Trinajstić information content (AvgIpc) is 2.44. The summed E-state index contributed by atoms with van der Waals surface area (Å²) in [5.41, 5.74) is 8.74. The van der Waals surface area contributed by atoms with Gasteiger partial charge in [0.05, 0.1) is 16.9 Å². The maximum Gasteiger partial charge on any atom is 0.125 e. The second-order valence-electron chi connectivity index (χ2n) is 4.35. The molecule has 100 valence electrons. The molecule has 1 heterocycles. The Hall–Kier alpha value is -2.14. The van der Waals surface area contributed by atoms with Crippen LogP contribution in [0.2, 0.25) is 0 Å². The number of pyridine rings is 1. The lowest BCUT2D eigenvalue weighted by molar-refractivity contribution is 0.628. The summed E-state index contributed by atoms with van der Waals surface area (Å²) in [7, 11) is 0. The Labute approximate surface area is 123 Å². The molecule has 0 saturated carbocycles. The van der Waals surface area contributed by atoms with Gasteiger partial charge in [0.25, 0.3) is 0 Å². The van der Waals surface area contributed by atoms with Crippen LogP contribution in [0.1, 0.15) is 0 Å². The molecule has 2 aromatic carbocycles. The first-order valence-electron chi connectivity index (χ1n) is 6.00. The highest BCUT2D eigenvalue weighted by atomic mass is 79.9.